The third kappa shape index (κ3) is 5.12. The lowest BCUT2D eigenvalue weighted by atomic mass is 10.0. The molecule has 12 aromatic rings. The van der Waals surface area contributed by atoms with E-state index in [1.807, 2.05) is 72.0 Å². The molecule has 0 radical (unpaired) electrons. The van der Waals surface area contributed by atoms with Crippen LogP contribution in [0.1, 0.15) is 0 Å². The predicted molar refractivity (Wildman–Crippen MR) is 236 cm³/mol. The molecule has 0 unspecified atom stereocenters. The summed E-state index contributed by atoms with van der Waals surface area (Å²) in [5.41, 5.74) is 9.99. The highest BCUT2D eigenvalue weighted by Crippen LogP contribution is 2.41. The molecule has 0 atom stereocenters. The molecule has 4 aromatic heterocycles. The van der Waals surface area contributed by atoms with Gasteiger partial charge in [-0.25, -0.2) is 15.0 Å². The Balaban J connectivity index is 1.01. The highest BCUT2D eigenvalue weighted by Gasteiger charge is 2.20. The van der Waals surface area contributed by atoms with Crippen molar-refractivity contribution in [3.05, 3.63) is 182 Å². The number of furan rings is 1. The topological polar surface area (TPSA) is 56.7 Å². The van der Waals surface area contributed by atoms with Crippen LogP contribution in [-0.4, -0.2) is 19.5 Å². The molecule has 0 saturated carbocycles. The van der Waals surface area contributed by atoms with Gasteiger partial charge < -0.3 is 8.98 Å². The van der Waals surface area contributed by atoms with Crippen LogP contribution in [0, 0.1) is 0 Å². The lowest BCUT2D eigenvalue weighted by Gasteiger charge is -2.09. The van der Waals surface area contributed by atoms with Crippen LogP contribution in [0.2, 0.25) is 0 Å². The number of nitrogens with zero attached hydrogens (tertiary/aromatic N) is 4. The zero-order valence-corrected chi connectivity index (χ0v) is 31.2. The Morgan fingerprint density at radius 3 is 1.72 bits per heavy atom. The second-order valence-electron chi connectivity index (χ2n) is 14.4. The monoisotopic (exact) mass is 746 g/mol. The molecular weight excluding hydrogens is 717 g/mol. The number of aromatic nitrogens is 4. The molecule has 6 heteroatoms. The van der Waals surface area contributed by atoms with Crippen LogP contribution in [0.3, 0.4) is 0 Å². The van der Waals surface area contributed by atoms with E-state index in [1.54, 1.807) is 0 Å². The van der Waals surface area contributed by atoms with Gasteiger partial charge in [0.1, 0.15) is 5.58 Å². The van der Waals surface area contributed by atoms with E-state index in [9.17, 15) is 0 Å². The van der Waals surface area contributed by atoms with E-state index < -0.39 is 0 Å². The number of rotatable bonds is 5. The molecule has 57 heavy (non-hydrogen) atoms. The van der Waals surface area contributed by atoms with Crippen LogP contribution in [0.4, 0.5) is 0 Å². The standard InChI is InChI=1S/C51H30N4OS/c1-3-12-31(13-4-1)49-52-50(32-14-5-2-6-15-32)54-51(53-49)35-22-25-37-39-18-11-20-44(48(39)56-45(37)30-35)55-42-19-9-7-16-36(42)40-28-33(23-26-43(40)55)34-24-27-47-41(29-34)38-17-8-10-21-46(38)57-47/h1-30H. The van der Waals surface area contributed by atoms with Gasteiger partial charge in [0.25, 0.3) is 0 Å². The van der Waals surface area contributed by atoms with Gasteiger partial charge in [-0.3, -0.25) is 0 Å². The Morgan fingerprint density at radius 2 is 0.947 bits per heavy atom. The Bertz CT molecular complexity index is 3470. The van der Waals surface area contributed by atoms with Crippen molar-refractivity contribution in [1.82, 2.24) is 19.5 Å². The molecule has 0 spiro atoms. The van der Waals surface area contributed by atoms with Gasteiger partial charge in [0.05, 0.1) is 16.7 Å². The van der Waals surface area contributed by atoms with Crippen molar-refractivity contribution in [2.75, 3.05) is 0 Å². The van der Waals surface area contributed by atoms with Gasteiger partial charge in [-0.15, -0.1) is 11.3 Å². The second kappa shape index (κ2) is 12.6. The van der Waals surface area contributed by atoms with Gasteiger partial charge >= 0.3 is 0 Å². The van der Waals surface area contributed by atoms with Gasteiger partial charge in [0.15, 0.2) is 23.1 Å². The minimum atomic E-state index is 0.592. The smallest absolute Gasteiger partial charge is 0.164 e. The van der Waals surface area contributed by atoms with E-state index in [0.717, 1.165) is 55.3 Å². The minimum absolute atomic E-state index is 0.592. The summed E-state index contributed by atoms with van der Waals surface area (Å²) in [4.78, 5) is 14.8. The summed E-state index contributed by atoms with van der Waals surface area (Å²) in [6.07, 6.45) is 0. The van der Waals surface area contributed by atoms with Crippen LogP contribution < -0.4 is 0 Å². The van der Waals surface area contributed by atoms with Crippen LogP contribution >= 0.6 is 11.3 Å². The van der Waals surface area contributed by atoms with Gasteiger partial charge in [0.2, 0.25) is 0 Å². The number of hydrogen-bond acceptors (Lipinski definition) is 5. The summed E-state index contributed by atoms with van der Waals surface area (Å²) < 4.78 is 11.8. The zero-order chi connectivity index (χ0) is 37.5. The van der Waals surface area contributed by atoms with Crippen LogP contribution in [-0.2, 0) is 0 Å². The normalized spacial score (nSPS) is 11.9. The first kappa shape index (κ1) is 31.9. The quantitative estimate of drug-likeness (QED) is 0.176. The third-order valence-electron chi connectivity index (χ3n) is 11.1. The maximum absolute atomic E-state index is 6.87. The molecule has 0 bridgehead atoms. The van der Waals surface area contributed by atoms with Gasteiger partial charge in [0, 0.05) is 58.4 Å². The average molecular weight is 747 g/mol. The first-order chi connectivity index (χ1) is 28.2. The summed E-state index contributed by atoms with van der Waals surface area (Å²) in [5.74, 6) is 1.85. The molecule has 5 nitrogen and oxygen atoms in total. The van der Waals surface area contributed by atoms with Gasteiger partial charge in [-0.2, -0.15) is 0 Å². The lowest BCUT2D eigenvalue weighted by molar-refractivity contribution is 0.666. The van der Waals surface area contributed by atoms with E-state index in [2.05, 4.69) is 126 Å². The SMILES string of the molecule is c1ccc(-c2nc(-c3ccccc3)nc(-c3ccc4c(c3)oc3c(-n5c6ccccc6c6cc(-c7ccc8sc9ccccc9c8c7)ccc65)cccc34)n2)cc1. The summed E-state index contributed by atoms with van der Waals surface area (Å²) >= 11 is 1.85. The molecule has 0 aliphatic rings. The molecule has 266 valence electrons. The molecule has 0 fully saturated rings. The Labute approximate surface area is 330 Å². The van der Waals surface area contributed by atoms with E-state index >= 15 is 0 Å². The Kier molecular flexibility index (Phi) is 7.03. The summed E-state index contributed by atoms with van der Waals surface area (Å²) in [6.45, 7) is 0. The van der Waals surface area contributed by atoms with Crippen molar-refractivity contribution >= 4 is 75.3 Å². The minimum Gasteiger partial charge on any atom is -0.454 e. The predicted octanol–water partition coefficient (Wildman–Crippen LogP) is 13.9. The van der Waals surface area contributed by atoms with Crippen molar-refractivity contribution in [3.63, 3.8) is 0 Å². The fourth-order valence-corrected chi connectivity index (χ4v) is 9.44. The van der Waals surface area contributed by atoms with Crippen LogP contribution in [0.15, 0.2) is 186 Å². The van der Waals surface area contributed by atoms with Gasteiger partial charge in [-0.1, -0.05) is 127 Å². The van der Waals surface area contributed by atoms with Crippen molar-refractivity contribution < 1.29 is 4.42 Å². The average Bonchev–Trinajstić information content (AvgIpc) is 3.95. The van der Waals surface area contributed by atoms with Crippen molar-refractivity contribution in [2.24, 2.45) is 0 Å². The fourth-order valence-electron chi connectivity index (χ4n) is 8.35. The largest absolute Gasteiger partial charge is 0.454 e. The molecule has 12 rings (SSSR count). The summed E-state index contributed by atoms with van der Waals surface area (Å²) in [6, 6.07) is 63.9. The van der Waals surface area contributed by atoms with E-state index in [-0.39, 0.29) is 0 Å². The fraction of sp³-hybridized carbons (Fsp3) is 0. The number of fused-ring (bicyclic) bond motifs is 9. The number of benzene rings is 8. The molecular formula is C51H30N4OS. The number of thiophene rings is 1. The maximum Gasteiger partial charge on any atom is 0.164 e. The number of hydrogen-bond donors (Lipinski definition) is 0. The van der Waals surface area contributed by atoms with E-state index in [4.69, 9.17) is 19.4 Å². The molecule has 0 amide bonds. The Hall–Kier alpha value is -7.41. The van der Waals surface area contributed by atoms with Crippen molar-refractivity contribution in [2.45, 2.75) is 0 Å². The van der Waals surface area contributed by atoms with Crippen LogP contribution in [0.5, 0.6) is 0 Å². The molecule has 0 N–H and O–H groups in total. The highest BCUT2D eigenvalue weighted by atomic mass is 32.1. The molecule has 0 aliphatic heterocycles. The van der Waals surface area contributed by atoms with Crippen LogP contribution in [0.25, 0.3) is 115 Å². The molecule has 4 heterocycles. The summed E-state index contributed by atoms with van der Waals surface area (Å²) in [5, 5.41) is 7.11. The van der Waals surface area contributed by atoms with E-state index in [0.29, 0.717) is 17.5 Å². The lowest BCUT2D eigenvalue weighted by Crippen LogP contribution is -2.00. The molecule has 0 saturated heterocycles. The van der Waals surface area contributed by atoms with Crippen molar-refractivity contribution in [3.8, 4) is 51.0 Å². The van der Waals surface area contributed by atoms with E-state index in [1.165, 1.54) is 42.1 Å². The molecule has 0 aliphatic carbocycles. The summed E-state index contributed by atoms with van der Waals surface area (Å²) in [7, 11) is 0. The highest BCUT2D eigenvalue weighted by molar-refractivity contribution is 7.25. The maximum atomic E-state index is 6.87. The second-order valence-corrected chi connectivity index (χ2v) is 15.5. The first-order valence-electron chi connectivity index (χ1n) is 19.0. The zero-order valence-electron chi connectivity index (χ0n) is 30.4. The molecule has 8 aromatic carbocycles. The first-order valence-corrected chi connectivity index (χ1v) is 19.8. The van der Waals surface area contributed by atoms with Gasteiger partial charge in [-0.05, 0) is 65.7 Å². The number of para-hydroxylation sites is 2. The third-order valence-corrected chi connectivity index (χ3v) is 12.2. The van der Waals surface area contributed by atoms with Crippen molar-refractivity contribution in [1.29, 1.82) is 0 Å². The Morgan fingerprint density at radius 1 is 0.368 bits per heavy atom.